The molecule has 0 aliphatic carbocycles. The van der Waals surface area contributed by atoms with E-state index < -0.39 is 0 Å². The molecule has 0 bridgehead atoms. The van der Waals surface area contributed by atoms with Gasteiger partial charge in [-0.15, -0.1) is 0 Å². The van der Waals surface area contributed by atoms with E-state index in [0.29, 0.717) is 11.5 Å². The van der Waals surface area contributed by atoms with Crippen LogP contribution in [-0.2, 0) is 6.42 Å². The number of carbonyl (C=O) groups excluding carboxylic acids is 1. The van der Waals surface area contributed by atoms with Gasteiger partial charge in [0.2, 0.25) is 0 Å². The lowest BCUT2D eigenvalue weighted by atomic mass is 10.1. The largest absolute Gasteiger partial charge is 0.469 e. The quantitative estimate of drug-likeness (QED) is 0.691. The van der Waals surface area contributed by atoms with E-state index in [1.165, 1.54) is 0 Å². The number of hydrogen-bond donors (Lipinski definition) is 0. The molecule has 0 radical (unpaired) electrons. The molecule has 0 unspecified atom stereocenters. The van der Waals surface area contributed by atoms with E-state index in [1.54, 1.807) is 42.8 Å². The zero-order valence-corrected chi connectivity index (χ0v) is 7.51. The predicted molar refractivity (Wildman–Crippen MR) is 51.0 cm³/mol. The highest BCUT2D eigenvalue weighted by Crippen LogP contribution is 2.05. The van der Waals surface area contributed by atoms with Crippen LogP contribution < -0.4 is 0 Å². The summed E-state index contributed by atoms with van der Waals surface area (Å²) in [5, 5.41) is 0. The van der Waals surface area contributed by atoms with Gasteiger partial charge in [-0.05, 0) is 24.3 Å². The number of nitrogens with zero attached hydrogens (tertiary/aromatic N) is 1. The fourth-order valence-electron chi connectivity index (χ4n) is 1.19. The van der Waals surface area contributed by atoms with Crippen LogP contribution in [0.1, 0.15) is 16.2 Å². The molecule has 0 aromatic carbocycles. The summed E-state index contributed by atoms with van der Waals surface area (Å²) < 4.78 is 5.08. The lowest BCUT2D eigenvalue weighted by molar-refractivity contribution is 0.0982. The van der Waals surface area contributed by atoms with Crippen molar-refractivity contribution in [1.29, 1.82) is 0 Å². The van der Waals surface area contributed by atoms with Gasteiger partial charge in [-0.25, -0.2) is 0 Å². The Kier molecular flexibility index (Phi) is 2.40. The van der Waals surface area contributed by atoms with Crippen molar-refractivity contribution in [3.63, 3.8) is 0 Å². The number of hydrogen-bond acceptors (Lipinski definition) is 3. The molecule has 3 nitrogen and oxygen atoms in total. The minimum Gasteiger partial charge on any atom is -0.469 e. The van der Waals surface area contributed by atoms with Crippen LogP contribution in [0.2, 0.25) is 0 Å². The Balaban J connectivity index is 2.11. The Labute approximate surface area is 81.4 Å². The van der Waals surface area contributed by atoms with E-state index >= 15 is 0 Å². The van der Waals surface area contributed by atoms with Crippen LogP contribution in [0.4, 0.5) is 0 Å². The highest BCUT2D eigenvalue weighted by molar-refractivity contribution is 5.95. The van der Waals surface area contributed by atoms with Crippen molar-refractivity contribution in [2.24, 2.45) is 0 Å². The molecule has 0 aliphatic heterocycles. The molecule has 2 rings (SSSR count). The summed E-state index contributed by atoms with van der Waals surface area (Å²) in [6.07, 6.45) is 3.43. The minimum absolute atomic E-state index is 0.0273. The highest BCUT2D eigenvalue weighted by Gasteiger charge is 2.08. The number of carbonyl (C=O) groups is 1. The van der Waals surface area contributed by atoms with Crippen molar-refractivity contribution in [2.45, 2.75) is 6.42 Å². The molecule has 0 saturated heterocycles. The summed E-state index contributed by atoms with van der Waals surface area (Å²) in [5.41, 5.74) is 0.476. The molecular weight excluding hydrogens is 178 g/mol. The van der Waals surface area contributed by atoms with E-state index in [1.807, 2.05) is 0 Å². The molecule has 2 heterocycles. The molecule has 0 saturated carbocycles. The molecular formula is C11H9NO2. The Morgan fingerprint density at radius 3 is 2.86 bits per heavy atom. The summed E-state index contributed by atoms with van der Waals surface area (Å²) in [4.78, 5) is 15.6. The van der Waals surface area contributed by atoms with Crippen LogP contribution in [0, 0.1) is 0 Å². The van der Waals surface area contributed by atoms with Crippen LogP contribution in [0.3, 0.4) is 0 Å². The fourth-order valence-corrected chi connectivity index (χ4v) is 1.19. The molecule has 2 aromatic rings. The zero-order valence-electron chi connectivity index (χ0n) is 7.51. The third kappa shape index (κ3) is 1.88. The van der Waals surface area contributed by atoms with Gasteiger partial charge >= 0.3 is 0 Å². The number of aromatic nitrogens is 1. The van der Waals surface area contributed by atoms with Gasteiger partial charge in [0.15, 0.2) is 5.78 Å². The van der Waals surface area contributed by atoms with E-state index in [4.69, 9.17) is 4.42 Å². The van der Waals surface area contributed by atoms with E-state index in [2.05, 4.69) is 4.98 Å². The average Bonchev–Trinajstić information content (AvgIpc) is 2.72. The lowest BCUT2D eigenvalue weighted by Gasteiger charge is -1.96. The fraction of sp³-hybridized carbons (Fsp3) is 0.0909. The Morgan fingerprint density at radius 1 is 1.29 bits per heavy atom. The SMILES string of the molecule is O=C(Cc1ccco1)c1ccccn1. The molecule has 0 N–H and O–H groups in total. The van der Waals surface area contributed by atoms with E-state index in [-0.39, 0.29) is 12.2 Å². The van der Waals surface area contributed by atoms with Crippen molar-refractivity contribution < 1.29 is 9.21 Å². The van der Waals surface area contributed by atoms with Crippen molar-refractivity contribution >= 4 is 5.78 Å². The monoisotopic (exact) mass is 187 g/mol. The highest BCUT2D eigenvalue weighted by atomic mass is 16.3. The second kappa shape index (κ2) is 3.87. The smallest absolute Gasteiger partial charge is 0.188 e. The second-order valence-corrected chi connectivity index (χ2v) is 2.89. The minimum atomic E-state index is -0.0273. The molecule has 2 aromatic heterocycles. The third-order valence-corrected chi connectivity index (χ3v) is 1.87. The van der Waals surface area contributed by atoms with E-state index in [0.717, 1.165) is 0 Å². The summed E-state index contributed by atoms with van der Waals surface area (Å²) >= 11 is 0. The topological polar surface area (TPSA) is 43.1 Å². The zero-order chi connectivity index (χ0) is 9.80. The van der Waals surface area contributed by atoms with Crippen molar-refractivity contribution in [3.05, 3.63) is 54.2 Å². The Bertz CT molecular complexity index is 406. The van der Waals surface area contributed by atoms with Gasteiger partial charge in [-0.2, -0.15) is 0 Å². The number of Topliss-reactive ketones (excluding diaryl/α,β-unsaturated/α-hetero) is 1. The first-order chi connectivity index (χ1) is 6.86. The normalized spacial score (nSPS) is 10.0. The first kappa shape index (κ1) is 8.69. The molecule has 0 fully saturated rings. The first-order valence-corrected chi connectivity index (χ1v) is 4.33. The maximum atomic E-state index is 11.6. The van der Waals surface area contributed by atoms with Crippen molar-refractivity contribution in [1.82, 2.24) is 4.98 Å². The predicted octanol–water partition coefficient (Wildman–Crippen LogP) is 2.10. The van der Waals surface area contributed by atoms with Gasteiger partial charge in [0.1, 0.15) is 11.5 Å². The van der Waals surface area contributed by atoms with Crippen molar-refractivity contribution in [2.75, 3.05) is 0 Å². The second-order valence-electron chi connectivity index (χ2n) is 2.89. The molecule has 3 heteroatoms. The summed E-state index contributed by atoms with van der Waals surface area (Å²) in [6, 6.07) is 8.82. The summed E-state index contributed by atoms with van der Waals surface area (Å²) in [6.45, 7) is 0. The van der Waals surface area contributed by atoms with Crippen molar-refractivity contribution in [3.8, 4) is 0 Å². The first-order valence-electron chi connectivity index (χ1n) is 4.33. The third-order valence-electron chi connectivity index (χ3n) is 1.87. The molecule has 0 amide bonds. The Hall–Kier alpha value is -1.90. The van der Waals surface area contributed by atoms with Gasteiger partial charge < -0.3 is 4.42 Å². The van der Waals surface area contributed by atoms with E-state index in [9.17, 15) is 4.79 Å². The van der Waals surface area contributed by atoms with Crippen LogP contribution in [0.5, 0.6) is 0 Å². The molecule has 70 valence electrons. The number of rotatable bonds is 3. The standard InChI is InChI=1S/C11H9NO2/c13-11(8-9-4-3-7-14-9)10-5-1-2-6-12-10/h1-7H,8H2. The van der Waals surface area contributed by atoms with Gasteiger partial charge in [-0.1, -0.05) is 6.07 Å². The number of ketones is 1. The maximum Gasteiger partial charge on any atom is 0.188 e. The van der Waals surface area contributed by atoms with Crippen LogP contribution in [0.25, 0.3) is 0 Å². The molecule has 0 spiro atoms. The average molecular weight is 187 g/mol. The summed E-state index contributed by atoms with van der Waals surface area (Å²) in [7, 11) is 0. The van der Waals surface area contributed by atoms with Crippen LogP contribution >= 0.6 is 0 Å². The lowest BCUT2D eigenvalue weighted by Crippen LogP contribution is -2.04. The molecule has 0 aliphatic rings. The van der Waals surface area contributed by atoms with Crippen LogP contribution in [-0.4, -0.2) is 10.8 Å². The van der Waals surface area contributed by atoms with Crippen LogP contribution in [0.15, 0.2) is 47.2 Å². The molecule has 14 heavy (non-hydrogen) atoms. The van der Waals surface area contributed by atoms with Gasteiger partial charge in [0.25, 0.3) is 0 Å². The molecule has 0 atom stereocenters. The maximum absolute atomic E-state index is 11.6. The summed E-state index contributed by atoms with van der Waals surface area (Å²) in [5.74, 6) is 0.640. The number of furan rings is 1. The van der Waals surface area contributed by atoms with Gasteiger partial charge in [0, 0.05) is 6.20 Å². The number of pyridine rings is 1. The van der Waals surface area contributed by atoms with Gasteiger partial charge in [0.05, 0.1) is 12.7 Å². The van der Waals surface area contributed by atoms with Gasteiger partial charge in [-0.3, -0.25) is 9.78 Å². The Morgan fingerprint density at radius 2 is 2.21 bits per heavy atom.